The van der Waals surface area contributed by atoms with Crippen LogP contribution in [0.3, 0.4) is 0 Å². The Morgan fingerprint density at radius 3 is 2.61 bits per heavy atom. The van der Waals surface area contributed by atoms with E-state index in [0.717, 1.165) is 31.6 Å². The maximum Gasteiger partial charge on any atom is 0.229 e. The van der Waals surface area contributed by atoms with Crippen LogP contribution in [0, 0.1) is 5.92 Å². The largest absolute Gasteiger partial charge is 0.317 e. The fourth-order valence-electron chi connectivity index (χ4n) is 2.02. The Labute approximate surface area is 120 Å². The molecule has 0 bridgehead atoms. The van der Waals surface area contributed by atoms with Gasteiger partial charge in [0.15, 0.2) is 0 Å². The van der Waals surface area contributed by atoms with Crippen molar-refractivity contribution in [2.24, 2.45) is 5.92 Å². The highest BCUT2D eigenvalue weighted by atomic mass is 35.5. The van der Waals surface area contributed by atoms with E-state index in [1.54, 1.807) is 17.3 Å². The van der Waals surface area contributed by atoms with Gasteiger partial charge in [0.25, 0.3) is 0 Å². The van der Waals surface area contributed by atoms with Crippen LogP contribution in [-0.4, -0.2) is 31.0 Å². The molecule has 0 radical (unpaired) electrons. The Morgan fingerprint density at radius 2 is 2.06 bits per heavy atom. The van der Waals surface area contributed by atoms with E-state index in [1.165, 1.54) is 0 Å². The number of carbonyl (C=O) groups is 1. The molecule has 1 saturated heterocycles. The molecule has 0 aromatic carbocycles. The lowest BCUT2D eigenvalue weighted by atomic mass is 9.96. The normalized spacial score (nSPS) is 15.2. The van der Waals surface area contributed by atoms with Crippen LogP contribution in [-0.2, 0) is 4.79 Å². The summed E-state index contributed by atoms with van der Waals surface area (Å²) in [5, 5.41) is 3.27. The van der Waals surface area contributed by atoms with Crippen molar-refractivity contribution < 1.29 is 4.79 Å². The summed E-state index contributed by atoms with van der Waals surface area (Å²) in [7, 11) is 1.82. The van der Waals surface area contributed by atoms with Crippen molar-refractivity contribution in [3.8, 4) is 0 Å². The van der Waals surface area contributed by atoms with Gasteiger partial charge in [0.2, 0.25) is 5.91 Å². The third-order valence-electron chi connectivity index (χ3n) is 3.05. The van der Waals surface area contributed by atoms with Gasteiger partial charge >= 0.3 is 0 Å². The summed E-state index contributed by atoms with van der Waals surface area (Å²) in [6.45, 7) is 1.88. The minimum absolute atomic E-state index is 0. The highest BCUT2D eigenvalue weighted by Crippen LogP contribution is 2.18. The Bertz CT molecular complexity index is 356. The molecule has 6 heteroatoms. The fourth-order valence-corrected chi connectivity index (χ4v) is 2.02. The predicted octanol–water partition coefficient (Wildman–Crippen LogP) is 1.89. The van der Waals surface area contributed by atoms with Crippen molar-refractivity contribution in [3.05, 3.63) is 24.5 Å². The van der Waals surface area contributed by atoms with E-state index < -0.39 is 0 Å². The van der Waals surface area contributed by atoms with Crippen LogP contribution in [0.5, 0.6) is 0 Å². The number of aromatic nitrogens is 1. The van der Waals surface area contributed by atoms with Crippen LogP contribution in [0.1, 0.15) is 12.8 Å². The molecule has 1 amide bonds. The monoisotopic (exact) mass is 291 g/mol. The third kappa shape index (κ3) is 4.12. The molecular weight excluding hydrogens is 273 g/mol. The topological polar surface area (TPSA) is 45.2 Å². The summed E-state index contributed by atoms with van der Waals surface area (Å²) >= 11 is 0. The van der Waals surface area contributed by atoms with Crippen molar-refractivity contribution in [2.75, 3.05) is 25.0 Å². The molecule has 0 atom stereocenters. The molecule has 1 N–H and O–H groups in total. The zero-order valence-electron chi connectivity index (χ0n) is 10.3. The first-order valence-corrected chi connectivity index (χ1v) is 5.67. The second-order valence-electron chi connectivity index (χ2n) is 4.13. The Morgan fingerprint density at radius 1 is 1.39 bits per heavy atom. The van der Waals surface area contributed by atoms with Gasteiger partial charge in [-0.2, -0.15) is 0 Å². The minimum Gasteiger partial charge on any atom is -0.317 e. The van der Waals surface area contributed by atoms with E-state index in [9.17, 15) is 4.79 Å². The molecule has 0 saturated carbocycles. The van der Waals surface area contributed by atoms with Crippen LogP contribution in [0.2, 0.25) is 0 Å². The summed E-state index contributed by atoms with van der Waals surface area (Å²) in [6, 6.07) is 3.76. The first-order chi connectivity index (χ1) is 7.79. The molecular formula is C12H19Cl2N3O. The van der Waals surface area contributed by atoms with Crippen LogP contribution < -0.4 is 10.2 Å². The Kier molecular flexibility index (Phi) is 7.91. The quantitative estimate of drug-likeness (QED) is 0.905. The van der Waals surface area contributed by atoms with Gasteiger partial charge in [-0.3, -0.25) is 9.78 Å². The predicted molar refractivity (Wildman–Crippen MR) is 77.7 cm³/mol. The van der Waals surface area contributed by atoms with E-state index in [2.05, 4.69) is 10.3 Å². The van der Waals surface area contributed by atoms with E-state index >= 15 is 0 Å². The highest BCUT2D eigenvalue weighted by Gasteiger charge is 2.24. The van der Waals surface area contributed by atoms with Gasteiger partial charge in [0.1, 0.15) is 0 Å². The summed E-state index contributed by atoms with van der Waals surface area (Å²) in [5.41, 5.74) is 0.867. The number of hydrogen-bond donors (Lipinski definition) is 1. The van der Waals surface area contributed by atoms with Crippen molar-refractivity contribution in [1.82, 2.24) is 10.3 Å². The number of nitrogens with one attached hydrogen (secondary N) is 1. The minimum atomic E-state index is 0. The lowest BCUT2D eigenvalue weighted by molar-refractivity contribution is -0.122. The number of anilines is 1. The summed E-state index contributed by atoms with van der Waals surface area (Å²) in [6.07, 6.45) is 5.30. The number of carbonyl (C=O) groups excluding carboxylic acids is 1. The standard InChI is InChI=1S/C12H17N3O.2ClH/c1-15(11-3-2-6-14-9-11)12(16)10-4-7-13-8-5-10;;/h2-3,6,9-10,13H,4-5,7-8H2,1H3;2*1H. The van der Waals surface area contributed by atoms with Crippen molar-refractivity contribution in [3.63, 3.8) is 0 Å². The van der Waals surface area contributed by atoms with Gasteiger partial charge in [0.05, 0.1) is 11.9 Å². The van der Waals surface area contributed by atoms with Gasteiger partial charge in [-0.25, -0.2) is 0 Å². The molecule has 4 nitrogen and oxygen atoms in total. The average Bonchev–Trinajstić information content (AvgIpc) is 2.39. The van der Waals surface area contributed by atoms with Crippen molar-refractivity contribution in [1.29, 1.82) is 0 Å². The molecule has 1 fully saturated rings. The zero-order chi connectivity index (χ0) is 11.4. The summed E-state index contributed by atoms with van der Waals surface area (Å²) in [5.74, 6) is 0.362. The molecule has 2 heterocycles. The number of pyridine rings is 1. The second kappa shape index (κ2) is 8.29. The van der Waals surface area contributed by atoms with E-state index in [4.69, 9.17) is 0 Å². The van der Waals surface area contributed by atoms with Crippen LogP contribution in [0.25, 0.3) is 0 Å². The zero-order valence-corrected chi connectivity index (χ0v) is 12.0. The highest BCUT2D eigenvalue weighted by molar-refractivity contribution is 5.94. The molecule has 1 aromatic heterocycles. The number of nitrogens with zero attached hydrogens (tertiary/aromatic N) is 2. The Hall–Kier alpha value is -0.840. The maximum absolute atomic E-state index is 12.2. The van der Waals surface area contributed by atoms with Gasteiger partial charge in [-0.05, 0) is 38.1 Å². The van der Waals surface area contributed by atoms with E-state index in [1.807, 2.05) is 19.2 Å². The number of hydrogen-bond acceptors (Lipinski definition) is 3. The van der Waals surface area contributed by atoms with Gasteiger partial charge < -0.3 is 10.2 Å². The number of piperidine rings is 1. The lowest BCUT2D eigenvalue weighted by Crippen LogP contribution is -2.39. The van der Waals surface area contributed by atoms with Crippen LogP contribution >= 0.6 is 24.8 Å². The summed E-state index contributed by atoms with van der Waals surface area (Å²) in [4.78, 5) is 17.9. The van der Waals surface area contributed by atoms with E-state index in [-0.39, 0.29) is 36.6 Å². The number of amides is 1. The van der Waals surface area contributed by atoms with Crippen molar-refractivity contribution in [2.45, 2.75) is 12.8 Å². The van der Waals surface area contributed by atoms with Gasteiger partial charge in [0, 0.05) is 19.2 Å². The van der Waals surface area contributed by atoms with Crippen LogP contribution in [0.4, 0.5) is 5.69 Å². The number of rotatable bonds is 2. The SMILES string of the molecule is CN(C(=O)C1CCNCC1)c1cccnc1.Cl.Cl. The first kappa shape index (κ1) is 17.2. The average molecular weight is 292 g/mol. The molecule has 1 aromatic rings. The molecule has 1 aliphatic rings. The van der Waals surface area contributed by atoms with Gasteiger partial charge in [-0.15, -0.1) is 24.8 Å². The lowest BCUT2D eigenvalue weighted by Gasteiger charge is -2.26. The smallest absolute Gasteiger partial charge is 0.229 e. The number of halogens is 2. The maximum atomic E-state index is 12.2. The molecule has 18 heavy (non-hydrogen) atoms. The Balaban J connectivity index is 0.00000144. The fraction of sp³-hybridized carbons (Fsp3) is 0.500. The van der Waals surface area contributed by atoms with Crippen molar-refractivity contribution >= 4 is 36.4 Å². The molecule has 0 spiro atoms. The first-order valence-electron chi connectivity index (χ1n) is 5.67. The molecule has 0 aliphatic carbocycles. The summed E-state index contributed by atoms with van der Waals surface area (Å²) < 4.78 is 0. The van der Waals surface area contributed by atoms with Gasteiger partial charge in [-0.1, -0.05) is 0 Å². The van der Waals surface area contributed by atoms with Crippen LogP contribution in [0.15, 0.2) is 24.5 Å². The second-order valence-corrected chi connectivity index (χ2v) is 4.13. The third-order valence-corrected chi connectivity index (χ3v) is 3.05. The molecule has 102 valence electrons. The van der Waals surface area contributed by atoms with E-state index in [0.29, 0.717) is 0 Å². The molecule has 2 rings (SSSR count). The molecule has 0 unspecified atom stereocenters. The molecule has 1 aliphatic heterocycles.